The van der Waals surface area contributed by atoms with Gasteiger partial charge in [0.25, 0.3) is 5.56 Å². The molecule has 98 valence electrons. The summed E-state index contributed by atoms with van der Waals surface area (Å²) in [5, 5.41) is 3.59. The summed E-state index contributed by atoms with van der Waals surface area (Å²) in [6, 6.07) is 1.38. The number of carbonyl (C=O) groups is 1. The average molecular weight is 267 g/mol. The van der Waals surface area contributed by atoms with Crippen LogP contribution in [0.5, 0.6) is 0 Å². The molecule has 0 saturated heterocycles. The van der Waals surface area contributed by atoms with Gasteiger partial charge in [0.2, 0.25) is 5.91 Å². The third kappa shape index (κ3) is 2.93. The van der Waals surface area contributed by atoms with Crippen molar-refractivity contribution in [2.45, 2.75) is 37.4 Å². The van der Waals surface area contributed by atoms with E-state index in [1.807, 2.05) is 0 Å². The van der Waals surface area contributed by atoms with Crippen LogP contribution < -0.4 is 10.9 Å². The molecule has 1 N–H and O–H groups in total. The van der Waals surface area contributed by atoms with Gasteiger partial charge in [-0.15, -0.1) is 0 Å². The smallest absolute Gasteiger partial charge is 0.254 e. The van der Waals surface area contributed by atoms with Gasteiger partial charge in [0.05, 0.1) is 6.04 Å². The highest BCUT2D eigenvalue weighted by Crippen LogP contribution is 2.31. The molecule has 0 saturated carbocycles. The van der Waals surface area contributed by atoms with Crippen LogP contribution in [0.15, 0.2) is 22.2 Å². The molecule has 0 spiro atoms. The van der Waals surface area contributed by atoms with Crippen LogP contribution in [0, 0.1) is 0 Å². The van der Waals surface area contributed by atoms with Crippen molar-refractivity contribution >= 4 is 17.7 Å². The molecule has 1 aromatic heterocycles. The number of hydrogen-bond donors (Lipinski definition) is 1. The molecule has 1 aromatic rings. The standard InChI is InChI=1S/C12H17N3O2S/c1-2-3-5-13-10(16)7-9-8-18-12-14-6-4-11(17)15(9)12/h4,6,9H,2-3,5,7-8H2,1H3,(H,13,16). The van der Waals surface area contributed by atoms with Gasteiger partial charge < -0.3 is 5.32 Å². The van der Waals surface area contributed by atoms with Gasteiger partial charge in [-0.2, -0.15) is 0 Å². The van der Waals surface area contributed by atoms with Crippen LogP contribution in [0.25, 0.3) is 0 Å². The molecular formula is C12H17N3O2S. The van der Waals surface area contributed by atoms with E-state index >= 15 is 0 Å². The summed E-state index contributed by atoms with van der Waals surface area (Å²) in [4.78, 5) is 27.6. The van der Waals surface area contributed by atoms with Crippen LogP contribution in [0.4, 0.5) is 0 Å². The Morgan fingerprint density at radius 1 is 1.67 bits per heavy atom. The van der Waals surface area contributed by atoms with Crippen LogP contribution in [0.2, 0.25) is 0 Å². The topological polar surface area (TPSA) is 64.0 Å². The van der Waals surface area contributed by atoms with Crippen molar-refractivity contribution in [1.82, 2.24) is 14.9 Å². The van der Waals surface area contributed by atoms with Crippen LogP contribution in [0.1, 0.15) is 32.2 Å². The molecule has 1 aliphatic rings. The molecule has 0 aromatic carbocycles. The van der Waals surface area contributed by atoms with Crippen molar-refractivity contribution in [3.63, 3.8) is 0 Å². The zero-order valence-electron chi connectivity index (χ0n) is 10.4. The van der Waals surface area contributed by atoms with E-state index < -0.39 is 0 Å². The van der Waals surface area contributed by atoms with Crippen LogP contribution in [-0.2, 0) is 4.79 Å². The summed E-state index contributed by atoms with van der Waals surface area (Å²) in [6.07, 6.45) is 3.93. The third-order valence-corrected chi connectivity index (χ3v) is 4.00. The summed E-state index contributed by atoms with van der Waals surface area (Å²) < 4.78 is 1.63. The first-order valence-electron chi connectivity index (χ1n) is 6.19. The zero-order valence-corrected chi connectivity index (χ0v) is 11.2. The maximum Gasteiger partial charge on any atom is 0.254 e. The number of nitrogens with zero attached hydrogens (tertiary/aromatic N) is 2. The molecule has 0 bridgehead atoms. The van der Waals surface area contributed by atoms with Crippen molar-refractivity contribution in [3.05, 3.63) is 22.6 Å². The van der Waals surface area contributed by atoms with Gasteiger partial charge in [0, 0.05) is 31.0 Å². The highest BCUT2D eigenvalue weighted by Gasteiger charge is 2.26. The van der Waals surface area contributed by atoms with E-state index in [0.717, 1.165) is 18.6 Å². The lowest BCUT2D eigenvalue weighted by Gasteiger charge is -2.12. The number of thioether (sulfide) groups is 1. The summed E-state index contributed by atoms with van der Waals surface area (Å²) in [5.41, 5.74) is -0.0728. The SMILES string of the molecule is CCCCNC(=O)CC1CSc2nccc(=O)n21. The van der Waals surface area contributed by atoms with Gasteiger partial charge in [0.15, 0.2) is 5.16 Å². The Hall–Kier alpha value is -1.30. The van der Waals surface area contributed by atoms with Crippen LogP contribution >= 0.6 is 11.8 Å². The third-order valence-electron chi connectivity index (χ3n) is 2.89. The van der Waals surface area contributed by atoms with Gasteiger partial charge in [-0.25, -0.2) is 4.98 Å². The highest BCUT2D eigenvalue weighted by atomic mass is 32.2. The number of rotatable bonds is 5. The van der Waals surface area contributed by atoms with E-state index in [-0.39, 0.29) is 17.5 Å². The molecule has 1 aliphatic heterocycles. The minimum absolute atomic E-state index is 0.0117. The molecule has 1 atom stereocenters. The number of nitrogens with one attached hydrogen (secondary N) is 1. The maximum absolute atomic E-state index is 11.7. The second-order valence-corrected chi connectivity index (χ2v) is 5.30. The molecule has 5 nitrogen and oxygen atoms in total. The Morgan fingerprint density at radius 2 is 2.50 bits per heavy atom. The van der Waals surface area contributed by atoms with E-state index in [0.29, 0.717) is 18.1 Å². The first-order valence-corrected chi connectivity index (χ1v) is 7.18. The van der Waals surface area contributed by atoms with Crippen LogP contribution in [-0.4, -0.2) is 27.8 Å². The van der Waals surface area contributed by atoms with Crippen molar-refractivity contribution in [2.75, 3.05) is 12.3 Å². The number of fused-ring (bicyclic) bond motifs is 1. The van der Waals surface area contributed by atoms with Crippen molar-refractivity contribution in [1.29, 1.82) is 0 Å². The highest BCUT2D eigenvalue weighted by molar-refractivity contribution is 7.99. The zero-order chi connectivity index (χ0) is 13.0. The monoisotopic (exact) mass is 267 g/mol. The summed E-state index contributed by atoms with van der Waals surface area (Å²) >= 11 is 1.53. The summed E-state index contributed by atoms with van der Waals surface area (Å²) in [5.74, 6) is 0.755. The van der Waals surface area contributed by atoms with E-state index in [2.05, 4.69) is 17.2 Å². The molecular weight excluding hydrogens is 250 g/mol. The van der Waals surface area contributed by atoms with Crippen molar-refractivity contribution < 1.29 is 4.79 Å². The first kappa shape index (κ1) is 13.1. The fourth-order valence-corrected chi connectivity index (χ4v) is 3.05. The first-order chi connectivity index (χ1) is 8.72. The number of amides is 1. The molecule has 6 heteroatoms. The number of hydrogen-bond acceptors (Lipinski definition) is 4. The molecule has 1 unspecified atom stereocenters. The quantitative estimate of drug-likeness (QED) is 0.643. The van der Waals surface area contributed by atoms with Gasteiger partial charge in [-0.3, -0.25) is 14.2 Å². The Kier molecular flexibility index (Phi) is 4.41. The fraction of sp³-hybridized carbons (Fsp3) is 0.583. The van der Waals surface area contributed by atoms with E-state index in [1.165, 1.54) is 24.0 Å². The normalized spacial score (nSPS) is 17.5. The molecule has 1 amide bonds. The largest absolute Gasteiger partial charge is 0.356 e. The van der Waals surface area contributed by atoms with E-state index in [1.54, 1.807) is 4.57 Å². The Bertz CT molecular complexity index is 486. The molecule has 0 radical (unpaired) electrons. The van der Waals surface area contributed by atoms with Gasteiger partial charge in [0.1, 0.15) is 0 Å². The van der Waals surface area contributed by atoms with Gasteiger partial charge in [-0.05, 0) is 6.42 Å². The molecule has 18 heavy (non-hydrogen) atoms. The second kappa shape index (κ2) is 6.04. The van der Waals surface area contributed by atoms with Crippen molar-refractivity contribution in [3.8, 4) is 0 Å². The minimum Gasteiger partial charge on any atom is -0.356 e. The number of aromatic nitrogens is 2. The lowest BCUT2D eigenvalue weighted by atomic mass is 10.2. The molecule has 2 heterocycles. The van der Waals surface area contributed by atoms with E-state index in [9.17, 15) is 9.59 Å². The predicted octanol–water partition coefficient (Wildman–Crippen LogP) is 1.20. The molecule has 2 rings (SSSR count). The predicted molar refractivity (Wildman–Crippen MR) is 70.8 cm³/mol. The summed E-state index contributed by atoms with van der Waals surface area (Å²) in [6.45, 7) is 2.80. The lowest BCUT2D eigenvalue weighted by Crippen LogP contribution is -2.30. The van der Waals surface area contributed by atoms with Crippen LogP contribution in [0.3, 0.4) is 0 Å². The molecule has 0 fully saturated rings. The lowest BCUT2D eigenvalue weighted by molar-refractivity contribution is -0.121. The Morgan fingerprint density at radius 3 is 3.28 bits per heavy atom. The minimum atomic E-state index is -0.0728. The Labute approximate surface area is 110 Å². The van der Waals surface area contributed by atoms with Gasteiger partial charge in [-0.1, -0.05) is 25.1 Å². The van der Waals surface area contributed by atoms with Crippen molar-refractivity contribution in [2.24, 2.45) is 0 Å². The van der Waals surface area contributed by atoms with Gasteiger partial charge >= 0.3 is 0 Å². The Balaban J connectivity index is 1.97. The second-order valence-electron chi connectivity index (χ2n) is 4.31. The fourth-order valence-electron chi connectivity index (χ4n) is 1.93. The maximum atomic E-state index is 11.7. The van der Waals surface area contributed by atoms with E-state index in [4.69, 9.17) is 0 Å². The average Bonchev–Trinajstić information content (AvgIpc) is 2.74. The summed E-state index contributed by atoms with van der Waals surface area (Å²) in [7, 11) is 0. The molecule has 0 aliphatic carbocycles. The number of unbranched alkanes of at least 4 members (excludes halogenated alkanes) is 1. The number of carbonyl (C=O) groups excluding carboxylic acids is 1.